The first-order valence-corrected chi connectivity index (χ1v) is 7.51. The van der Waals surface area contributed by atoms with E-state index in [1.165, 1.54) is 0 Å². The van der Waals surface area contributed by atoms with Crippen molar-refractivity contribution in [2.75, 3.05) is 0 Å². The van der Waals surface area contributed by atoms with E-state index in [1.54, 1.807) is 10.9 Å². The number of aromatic nitrogens is 4. The van der Waals surface area contributed by atoms with Crippen molar-refractivity contribution in [3.05, 3.63) is 52.5 Å². The lowest BCUT2D eigenvalue weighted by molar-refractivity contribution is 0.0688. The smallest absolute Gasteiger partial charge is 0.356 e. The van der Waals surface area contributed by atoms with E-state index in [-0.39, 0.29) is 5.69 Å². The molecule has 2 aromatic heterocycles. The summed E-state index contributed by atoms with van der Waals surface area (Å²) in [4.78, 5) is 11.6. The number of nitrogens with zero attached hydrogens (tertiary/aromatic N) is 3. The fraction of sp³-hybridized carbons (Fsp3) is 0.235. The van der Waals surface area contributed by atoms with Crippen LogP contribution in [-0.4, -0.2) is 31.1 Å². The maximum atomic E-state index is 11.6. The summed E-state index contributed by atoms with van der Waals surface area (Å²) in [5.74, 6) is -0.989. The highest BCUT2D eigenvalue weighted by molar-refractivity contribution is 5.91. The number of hydrogen-bond acceptors (Lipinski definition) is 3. The number of H-pyrrole nitrogens is 1. The lowest BCUT2D eigenvalue weighted by Crippen LogP contribution is -2.08. The second-order valence-electron chi connectivity index (χ2n) is 5.94. The number of fused-ring (bicyclic) bond motifs is 3. The summed E-state index contributed by atoms with van der Waals surface area (Å²) in [5.41, 5.74) is 6.78. The van der Waals surface area contributed by atoms with Crippen molar-refractivity contribution >= 4 is 5.97 Å². The molecule has 0 unspecified atom stereocenters. The predicted molar refractivity (Wildman–Crippen MR) is 85.0 cm³/mol. The zero-order valence-electron chi connectivity index (χ0n) is 12.9. The minimum atomic E-state index is -0.989. The molecule has 6 nitrogen and oxygen atoms in total. The van der Waals surface area contributed by atoms with Gasteiger partial charge in [0.15, 0.2) is 5.69 Å². The lowest BCUT2D eigenvalue weighted by Gasteiger charge is -2.16. The fourth-order valence-corrected chi connectivity index (χ4v) is 3.22. The number of aromatic amines is 1. The van der Waals surface area contributed by atoms with Crippen molar-refractivity contribution in [1.29, 1.82) is 0 Å². The summed E-state index contributed by atoms with van der Waals surface area (Å²) in [6.45, 7) is 4.02. The summed E-state index contributed by atoms with van der Waals surface area (Å²) in [6.07, 6.45) is 3.15. The van der Waals surface area contributed by atoms with E-state index in [9.17, 15) is 9.90 Å². The van der Waals surface area contributed by atoms with Crippen molar-refractivity contribution in [2.24, 2.45) is 0 Å². The van der Waals surface area contributed by atoms with Gasteiger partial charge in [0.05, 0.1) is 17.6 Å². The van der Waals surface area contributed by atoms with Crippen molar-refractivity contribution in [3.8, 4) is 16.9 Å². The highest BCUT2D eigenvalue weighted by Gasteiger charge is 2.30. The van der Waals surface area contributed by atoms with Crippen LogP contribution in [0.25, 0.3) is 16.9 Å². The molecule has 0 radical (unpaired) electrons. The molecule has 0 spiro atoms. The van der Waals surface area contributed by atoms with Crippen molar-refractivity contribution in [2.45, 2.75) is 26.7 Å². The van der Waals surface area contributed by atoms with Crippen molar-refractivity contribution < 1.29 is 9.90 Å². The molecule has 0 saturated heterocycles. The predicted octanol–water partition coefficient (Wildman–Crippen LogP) is 2.68. The summed E-state index contributed by atoms with van der Waals surface area (Å²) in [5, 5.41) is 21.1. The SMILES string of the molecule is Cc1ccc(C)c(-n2nc(C(=O)O)c3c2-c2cn[nH]c2CC3)c1. The quantitative estimate of drug-likeness (QED) is 0.762. The van der Waals surface area contributed by atoms with Gasteiger partial charge in [-0.25, -0.2) is 9.48 Å². The topological polar surface area (TPSA) is 83.8 Å². The third-order valence-corrected chi connectivity index (χ3v) is 4.38. The molecule has 0 bridgehead atoms. The van der Waals surface area contributed by atoms with Gasteiger partial charge in [0.1, 0.15) is 0 Å². The monoisotopic (exact) mass is 308 g/mol. The standard InChI is InChI=1S/C17H16N4O2/c1-9-3-4-10(2)14(7-9)21-16-11(15(20-21)17(22)23)5-6-13-12(16)8-18-19-13/h3-4,7-8H,5-6H2,1-2H3,(H,18,19)(H,22,23). The maximum Gasteiger partial charge on any atom is 0.356 e. The molecule has 2 heterocycles. The first-order valence-electron chi connectivity index (χ1n) is 7.51. The van der Waals surface area contributed by atoms with Gasteiger partial charge >= 0.3 is 5.97 Å². The Hall–Kier alpha value is -2.89. The Labute approximate surface area is 132 Å². The molecule has 116 valence electrons. The van der Waals surface area contributed by atoms with Crippen molar-refractivity contribution in [1.82, 2.24) is 20.0 Å². The van der Waals surface area contributed by atoms with Crippen LogP contribution in [0.3, 0.4) is 0 Å². The Kier molecular flexibility index (Phi) is 2.87. The van der Waals surface area contributed by atoms with Gasteiger partial charge in [-0.2, -0.15) is 10.2 Å². The second-order valence-corrected chi connectivity index (χ2v) is 5.94. The molecule has 1 aliphatic carbocycles. The third-order valence-electron chi connectivity index (χ3n) is 4.38. The maximum absolute atomic E-state index is 11.6. The molecule has 2 N–H and O–H groups in total. The molecule has 6 heteroatoms. The zero-order valence-corrected chi connectivity index (χ0v) is 12.9. The molecule has 0 fully saturated rings. The summed E-state index contributed by atoms with van der Waals surface area (Å²) in [6, 6.07) is 6.09. The molecule has 0 amide bonds. The average Bonchev–Trinajstić information content (AvgIpc) is 3.12. The Bertz CT molecular complexity index is 936. The molecule has 0 atom stereocenters. The van der Waals surface area contributed by atoms with Crippen LogP contribution in [0.5, 0.6) is 0 Å². The number of benzene rings is 1. The fourth-order valence-electron chi connectivity index (χ4n) is 3.22. The number of carboxylic acid groups (broad SMARTS) is 1. The number of rotatable bonds is 2. The van der Waals surface area contributed by atoms with Gasteiger partial charge in [0, 0.05) is 16.8 Å². The molecule has 0 aliphatic heterocycles. The third kappa shape index (κ3) is 1.98. The Morgan fingerprint density at radius 3 is 2.91 bits per heavy atom. The summed E-state index contributed by atoms with van der Waals surface area (Å²) >= 11 is 0. The second kappa shape index (κ2) is 4.81. The minimum Gasteiger partial charge on any atom is -0.476 e. The van der Waals surface area contributed by atoms with E-state index in [1.807, 2.05) is 32.0 Å². The minimum absolute atomic E-state index is 0.132. The first kappa shape index (κ1) is 13.8. The summed E-state index contributed by atoms with van der Waals surface area (Å²) in [7, 11) is 0. The van der Waals surface area contributed by atoms with Gasteiger partial charge < -0.3 is 5.11 Å². The van der Waals surface area contributed by atoms with E-state index in [4.69, 9.17) is 0 Å². The van der Waals surface area contributed by atoms with Gasteiger partial charge in [-0.05, 0) is 43.9 Å². The number of carboxylic acids is 1. The number of nitrogens with one attached hydrogen (secondary N) is 1. The van der Waals surface area contributed by atoms with Gasteiger partial charge in [0.25, 0.3) is 0 Å². The number of aryl methyl sites for hydroxylation is 3. The van der Waals surface area contributed by atoms with Gasteiger partial charge in [-0.15, -0.1) is 0 Å². The Morgan fingerprint density at radius 1 is 1.30 bits per heavy atom. The van der Waals surface area contributed by atoms with E-state index in [2.05, 4.69) is 15.3 Å². The van der Waals surface area contributed by atoms with Gasteiger partial charge in [-0.3, -0.25) is 5.10 Å². The number of carbonyl (C=O) groups is 1. The largest absolute Gasteiger partial charge is 0.476 e. The van der Waals surface area contributed by atoms with E-state index >= 15 is 0 Å². The molecule has 0 saturated carbocycles. The number of hydrogen-bond donors (Lipinski definition) is 2. The van der Waals surface area contributed by atoms with Crippen LogP contribution in [0.1, 0.15) is 32.9 Å². The zero-order chi connectivity index (χ0) is 16.1. The summed E-state index contributed by atoms with van der Waals surface area (Å²) < 4.78 is 1.76. The van der Waals surface area contributed by atoms with E-state index < -0.39 is 5.97 Å². The molecule has 23 heavy (non-hydrogen) atoms. The van der Waals surface area contributed by atoms with Crippen LogP contribution >= 0.6 is 0 Å². The number of aromatic carboxylic acids is 1. The lowest BCUT2D eigenvalue weighted by atomic mass is 9.93. The first-order chi connectivity index (χ1) is 11.1. The molecule has 1 aliphatic rings. The van der Waals surface area contributed by atoms with Gasteiger partial charge in [0.2, 0.25) is 0 Å². The van der Waals surface area contributed by atoms with Crippen LogP contribution in [0.4, 0.5) is 0 Å². The van der Waals surface area contributed by atoms with Crippen LogP contribution in [0, 0.1) is 13.8 Å². The van der Waals surface area contributed by atoms with Crippen LogP contribution < -0.4 is 0 Å². The molecule has 3 aromatic rings. The molecule has 4 rings (SSSR count). The van der Waals surface area contributed by atoms with E-state index in [0.717, 1.165) is 45.7 Å². The molecular weight excluding hydrogens is 292 g/mol. The molecular formula is C17H16N4O2. The Morgan fingerprint density at radius 2 is 2.13 bits per heavy atom. The van der Waals surface area contributed by atoms with E-state index in [0.29, 0.717) is 6.42 Å². The highest BCUT2D eigenvalue weighted by Crippen LogP contribution is 2.36. The van der Waals surface area contributed by atoms with Crippen LogP contribution in [0.15, 0.2) is 24.4 Å². The normalized spacial score (nSPS) is 12.8. The van der Waals surface area contributed by atoms with Crippen LogP contribution in [0.2, 0.25) is 0 Å². The average molecular weight is 308 g/mol. The van der Waals surface area contributed by atoms with Crippen LogP contribution in [-0.2, 0) is 12.8 Å². The highest BCUT2D eigenvalue weighted by atomic mass is 16.4. The van der Waals surface area contributed by atoms with Crippen molar-refractivity contribution in [3.63, 3.8) is 0 Å². The van der Waals surface area contributed by atoms with Gasteiger partial charge in [-0.1, -0.05) is 12.1 Å². The molecule has 1 aromatic carbocycles. The Balaban J connectivity index is 2.06.